The molecule has 0 unspecified atom stereocenters. The van der Waals surface area contributed by atoms with Gasteiger partial charge in [0.05, 0.1) is 58.9 Å². The third-order valence-electron chi connectivity index (χ3n) is 5.19. The standard InChI is InChI=1S/C24H30N4O7S/c1-28(2)24-25-16(14-9-20(32-4)22(34-6)12-18(14)27-36(8,29)30)11-17(26-24)15-10-21(33-5)23(35-7)13-19(15)31-3/h9-13,27H,1-8H3. The summed E-state index contributed by atoms with van der Waals surface area (Å²) in [6.07, 6.45) is 1.07. The van der Waals surface area contributed by atoms with E-state index < -0.39 is 10.0 Å². The van der Waals surface area contributed by atoms with Crippen molar-refractivity contribution in [3.05, 3.63) is 30.3 Å². The Hall–Kier alpha value is -3.93. The second kappa shape index (κ2) is 10.8. The van der Waals surface area contributed by atoms with Gasteiger partial charge in [-0.3, -0.25) is 4.72 Å². The maximum Gasteiger partial charge on any atom is 0.229 e. The molecule has 0 aliphatic heterocycles. The molecule has 0 atom stereocenters. The van der Waals surface area contributed by atoms with Gasteiger partial charge >= 0.3 is 0 Å². The molecule has 0 saturated carbocycles. The maximum absolute atomic E-state index is 12.1. The highest BCUT2D eigenvalue weighted by Gasteiger charge is 2.21. The van der Waals surface area contributed by atoms with Crippen molar-refractivity contribution in [3.63, 3.8) is 0 Å². The first-order chi connectivity index (χ1) is 17.0. The van der Waals surface area contributed by atoms with Crippen LogP contribution in [0.5, 0.6) is 28.7 Å². The highest BCUT2D eigenvalue weighted by Crippen LogP contribution is 2.43. The van der Waals surface area contributed by atoms with Gasteiger partial charge in [0.15, 0.2) is 23.0 Å². The summed E-state index contributed by atoms with van der Waals surface area (Å²) in [5.74, 6) is 2.64. The van der Waals surface area contributed by atoms with E-state index in [1.807, 2.05) is 0 Å². The summed E-state index contributed by atoms with van der Waals surface area (Å²) in [6.45, 7) is 0. The van der Waals surface area contributed by atoms with E-state index in [2.05, 4.69) is 9.71 Å². The van der Waals surface area contributed by atoms with Crippen molar-refractivity contribution in [2.24, 2.45) is 0 Å². The van der Waals surface area contributed by atoms with E-state index >= 15 is 0 Å². The lowest BCUT2D eigenvalue weighted by molar-refractivity contribution is 0.349. The molecule has 0 radical (unpaired) electrons. The van der Waals surface area contributed by atoms with Crippen LogP contribution in [0.3, 0.4) is 0 Å². The van der Waals surface area contributed by atoms with Crippen molar-refractivity contribution in [2.45, 2.75) is 0 Å². The molecule has 0 fully saturated rings. The largest absolute Gasteiger partial charge is 0.496 e. The molecule has 0 amide bonds. The number of ether oxygens (including phenoxy) is 5. The SMILES string of the molecule is COc1cc(NS(C)(=O)=O)c(-c2cc(-c3cc(OC)c(OC)cc3OC)nc(N(C)C)n2)cc1OC. The summed E-state index contributed by atoms with van der Waals surface area (Å²) in [5.41, 5.74) is 2.31. The minimum absolute atomic E-state index is 0.267. The van der Waals surface area contributed by atoms with Crippen LogP contribution in [-0.4, -0.2) is 74.3 Å². The van der Waals surface area contributed by atoms with Crippen LogP contribution in [0.1, 0.15) is 0 Å². The van der Waals surface area contributed by atoms with Crippen molar-refractivity contribution in [1.29, 1.82) is 0 Å². The van der Waals surface area contributed by atoms with E-state index in [1.165, 1.54) is 28.4 Å². The molecule has 1 aromatic heterocycles. The molecular formula is C24H30N4O7S. The number of nitrogens with one attached hydrogen (secondary N) is 1. The molecule has 1 heterocycles. The zero-order valence-electron chi connectivity index (χ0n) is 21.5. The highest BCUT2D eigenvalue weighted by molar-refractivity contribution is 7.92. The van der Waals surface area contributed by atoms with Gasteiger partial charge in [0.1, 0.15) is 5.75 Å². The summed E-state index contributed by atoms with van der Waals surface area (Å²) in [4.78, 5) is 11.1. The summed E-state index contributed by atoms with van der Waals surface area (Å²) in [5, 5.41) is 0. The van der Waals surface area contributed by atoms with Crippen LogP contribution < -0.4 is 33.3 Å². The van der Waals surface area contributed by atoms with E-state index in [9.17, 15) is 8.42 Å². The number of nitrogens with zero attached hydrogens (tertiary/aromatic N) is 3. The Morgan fingerprint density at radius 3 is 1.58 bits per heavy atom. The molecule has 0 aliphatic carbocycles. The second-order valence-electron chi connectivity index (χ2n) is 7.87. The van der Waals surface area contributed by atoms with Gasteiger partial charge in [-0.1, -0.05) is 0 Å². The molecular weight excluding hydrogens is 488 g/mol. The number of sulfonamides is 1. The van der Waals surface area contributed by atoms with Crippen molar-refractivity contribution in [3.8, 4) is 51.3 Å². The number of hydrogen-bond donors (Lipinski definition) is 1. The number of methoxy groups -OCH3 is 5. The molecule has 0 saturated heterocycles. The Morgan fingerprint density at radius 2 is 1.11 bits per heavy atom. The number of hydrogen-bond acceptors (Lipinski definition) is 10. The van der Waals surface area contributed by atoms with Gasteiger partial charge in [0, 0.05) is 37.4 Å². The minimum Gasteiger partial charge on any atom is -0.496 e. The van der Waals surface area contributed by atoms with Gasteiger partial charge in [-0.05, 0) is 18.2 Å². The van der Waals surface area contributed by atoms with Gasteiger partial charge in [-0.15, -0.1) is 0 Å². The molecule has 0 bridgehead atoms. The average molecular weight is 519 g/mol. The molecule has 194 valence electrons. The van der Waals surface area contributed by atoms with Crippen LogP contribution in [0.4, 0.5) is 11.6 Å². The normalized spacial score (nSPS) is 11.0. The molecule has 3 aromatic rings. The van der Waals surface area contributed by atoms with E-state index in [4.69, 9.17) is 28.7 Å². The fraction of sp³-hybridized carbons (Fsp3) is 0.333. The Bertz CT molecular complexity index is 1360. The van der Waals surface area contributed by atoms with E-state index in [1.54, 1.807) is 56.4 Å². The third-order valence-corrected chi connectivity index (χ3v) is 5.78. The lowest BCUT2D eigenvalue weighted by Crippen LogP contribution is -2.14. The maximum atomic E-state index is 12.1. The second-order valence-corrected chi connectivity index (χ2v) is 9.62. The summed E-state index contributed by atoms with van der Waals surface area (Å²) in [7, 11) is 7.58. The number of aromatic nitrogens is 2. The van der Waals surface area contributed by atoms with Gasteiger partial charge in [-0.2, -0.15) is 0 Å². The Kier molecular flexibility index (Phi) is 7.98. The molecule has 36 heavy (non-hydrogen) atoms. The minimum atomic E-state index is -3.62. The zero-order valence-corrected chi connectivity index (χ0v) is 22.3. The first-order valence-corrected chi connectivity index (χ1v) is 12.5. The van der Waals surface area contributed by atoms with Gasteiger partial charge in [0.25, 0.3) is 0 Å². The predicted molar refractivity (Wildman–Crippen MR) is 138 cm³/mol. The quantitative estimate of drug-likeness (QED) is 0.428. The fourth-order valence-electron chi connectivity index (χ4n) is 3.51. The predicted octanol–water partition coefficient (Wildman–Crippen LogP) is 3.29. The highest BCUT2D eigenvalue weighted by atomic mass is 32.2. The van der Waals surface area contributed by atoms with Gasteiger partial charge in [0.2, 0.25) is 16.0 Å². The number of rotatable bonds is 10. The number of anilines is 2. The molecule has 11 nitrogen and oxygen atoms in total. The van der Waals surface area contributed by atoms with Crippen molar-refractivity contribution in [1.82, 2.24) is 9.97 Å². The Balaban J connectivity index is 2.36. The monoisotopic (exact) mass is 518 g/mol. The average Bonchev–Trinajstić information content (AvgIpc) is 2.86. The summed E-state index contributed by atoms with van der Waals surface area (Å²) in [6, 6.07) is 8.39. The van der Waals surface area contributed by atoms with Crippen LogP contribution in [0.25, 0.3) is 22.5 Å². The van der Waals surface area contributed by atoms with Crippen molar-refractivity contribution >= 4 is 21.7 Å². The fourth-order valence-corrected chi connectivity index (χ4v) is 4.08. The Labute approximate surface area is 211 Å². The van der Waals surface area contributed by atoms with Crippen LogP contribution in [-0.2, 0) is 10.0 Å². The topological polar surface area (TPSA) is 121 Å². The van der Waals surface area contributed by atoms with E-state index in [-0.39, 0.29) is 5.69 Å². The lowest BCUT2D eigenvalue weighted by Gasteiger charge is -2.19. The van der Waals surface area contributed by atoms with Gasteiger partial charge in [-0.25, -0.2) is 18.4 Å². The van der Waals surface area contributed by atoms with Crippen molar-refractivity contribution in [2.75, 3.05) is 65.5 Å². The van der Waals surface area contributed by atoms with Crippen LogP contribution in [0.15, 0.2) is 30.3 Å². The molecule has 2 aromatic carbocycles. The lowest BCUT2D eigenvalue weighted by atomic mass is 10.0. The molecule has 0 spiro atoms. The van der Waals surface area contributed by atoms with E-state index in [0.717, 1.165) is 6.26 Å². The van der Waals surface area contributed by atoms with Crippen LogP contribution >= 0.6 is 0 Å². The first-order valence-electron chi connectivity index (χ1n) is 10.7. The molecule has 1 N–H and O–H groups in total. The van der Waals surface area contributed by atoms with E-state index in [0.29, 0.717) is 57.2 Å². The Morgan fingerprint density at radius 1 is 0.667 bits per heavy atom. The molecule has 12 heteroatoms. The van der Waals surface area contributed by atoms with Crippen LogP contribution in [0.2, 0.25) is 0 Å². The van der Waals surface area contributed by atoms with Crippen molar-refractivity contribution < 1.29 is 32.1 Å². The summed E-state index contributed by atoms with van der Waals surface area (Å²) < 4.78 is 54.2. The molecule has 0 aliphatic rings. The smallest absolute Gasteiger partial charge is 0.229 e. The first kappa shape index (κ1) is 26.7. The van der Waals surface area contributed by atoms with Crippen LogP contribution in [0, 0.1) is 0 Å². The zero-order chi connectivity index (χ0) is 26.6. The van der Waals surface area contributed by atoms with Gasteiger partial charge < -0.3 is 28.6 Å². The summed E-state index contributed by atoms with van der Waals surface area (Å²) >= 11 is 0. The molecule has 3 rings (SSSR count). The number of benzene rings is 2. The third kappa shape index (κ3) is 5.65.